The maximum atomic E-state index is 12.5. The molecule has 102 valence electrons. The van der Waals surface area contributed by atoms with E-state index in [1.54, 1.807) is 0 Å². The van der Waals surface area contributed by atoms with Crippen LogP contribution in [0.4, 0.5) is 0 Å². The summed E-state index contributed by atoms with van der Waals surface area (Å²) in [5.74, 6) is 0.00607. The van der Waals surface area contributed by atoms with E-state index < -0.39 is 0 Å². The van der Waals surface area contributed by atoms with E-state index in [0.717, 1.165) is 24.1 Å². The lowest BCUT2D eigenvalue weighted by Gasteiger charge is -2.33. The Morgan fingerprint density at radius 3 is 2.75 bits per heavy atom. The van der Waals surface area contributed by atoms with Gasteiger partial charge >= 0.3 is 0 Å². The summed E-state index contributed by atoms with van der Waals surface area (Å²) in [7, 11) is 0. The molecule has 0 radical (unpaired) electrons. The monoisotopic (exact) mass is 269 g/mol. The zero-order valence-corrected chi connectivity index (χ0v) is 11.1. The van der Waals surface area contributed by atoms with E-state index >= 15 is 0 Å². The molecular formula is C15H15N3O2. The van der Waals surface area contributed by atoms with Gasteiger partial charge in [-0.15, -0.1) is 0 Å². The number of hydrogen-bond donors (Lipinski definition) is 0. The lowest BCUT2D eigenvalue weighted by atomic mass is 10.1. The van der Waals surface area contributed by atoms with E-state index in [-0.39, 0.29) is 5.91 Å². The molecule has 0 N–H and O–H groups in total. The molecule has 0 aliphatic carbocycles. The fraction of sp³-hybridized carbons (Fsp3) is 0.333. The Morgan fingerprint density at radius 1 is 1.25 bits per heavy atom. The fourth-order valence-electron chi connectivity index (χ4n) is 2.52. The minimum absolute atomic E-state index is 0.00607. The number of carbonyl (C=O) groups excluding carboxylic acids is 1. The second-order valence-electron chi connectivity index (χ2n) is 4.87. The van der Waals surface area contributed by atoms with Gasteiger partial charge in [0.1, 0.15) is 11.8 Å². The van der Waals surface area contributed by atoms with Gasteiger partial charge in [-0.25, -0.2) is 0 Å². The normalized spacial score (nSPS) is 16.2. The van der Waals surface area contributed by atoms with Gasteiger partial charge in [0.15, 0.2) is 0 Å². The number of para-hydroxylation sites is 1. The molecule has 0 unspecified atom stereocenters. The molecule has 1 fully saturated rings. The third-order valence-corrected chi connectivity index (χ3v) is 3.67. The number of piperazine rings is 1. The first-order valence-corrected chi connectivity index (χ1v) is 6.64. The highest BCUT2D eigenvalue weighted by atomic mass is 16.3. The van der Waals surface area contributed by atoms with Gasteiger partial charge in [-0.2, -0.15) is 5.26 Å². The molecule has 1 amide bonds. The maximum Gasteiger partial charge on any atom is 0.257 e. The topological polar surface area (TPSA) is 60.5 Å². The van der Waals surface area contributed by atoms with Crippen molar-refractivity contribution in [1.82, 2.24) is 9.80 Å². The minimum atomic E-state index is 0.00607. The van der Waals surface area contributed by atoms with E-state index in [2.05, 4.69) is 11.0 Å². The number of furan rings is 1. The molecule has 0 atom stereocenters. The summed E-state index contributed by atoms with van der Waals surface area (Å²) < 4.78 is 5.42. The molecular weight excluding hydrogens is 254 g/mol. The standard InChI is InChI=1S/C15H15N3O2/c16-5-6-17-7-9-18(10-8-17)15(19)13-11-20-14-4-2-1-3-12(13)14/h1-4,11H,6-10H2. The average Bonchev–Trinajstić information content (AvgIpc) is 2.92. The Labute approximate surface area is 117 Å². The van der Waals surface area contributed by atoms with E-state index in [0.29, 0.717) is 25.2 Å². The molecule has 5 nitrogen and oxygen atoms in total. The molecule has 1 aromatic carbocycles. The lowest BCUT2D eigenvalue weighted by Crippen LogP contribution is -2.48. The van der Waals surface area contributed by atoms with Crippen molar-refractivity contribution in [3.05, 3.63) is 36.1 Å². The largest absolute Gasteiger partial charge is 0.463 e. The second kappa shape index (κ2) is 5.35. The Balaban J connectivity index is 1.76. The van der Waals surface area contributed by atoms with Crippen LogP contribution in [0.25, 0.3) is 11.0 Å². The summed E-state index contributed by atoms with van der Waals surface area (Å²) >= 11 is 0. The molecule has 1 aliphatic heterocycles. The Hall–Kier alpha value is -2.32. The van der Waals surface area contributed by atoms with Crippen LogP contribution in [0, 0.1) is 11.3 Å². The average molecular weight is 269 g/mol. The highest BCUT2D eigenvalue weighted by Crippen LogP contribution is 2.22. The van der Waals surface area contributed by atoms with Gasteiger partial charge in [0.25, 0.3) is 5.91 Å². The molecule has 0 spiro atoms. The summed E-state index contributed by atoms with van der Waals surface area (Å²) in [6.07, 6.45) is 1.54. The molecule has 3 rings (SSSR count). The van der Waals surface area contributed by atoms with Crippen LogP contribution < -0.4 is 0 Å². The number of nitriles is 1. The fourth-order valence-corrected chi connectivity index (χ4v) is 2.52. The van der Waals surface area contributed by atoms with Crippen molar-refractivity contribution < 1.29 is 9.21 Å². The predicted octanol–water partition coefficient (Wildman–Crippen LogP) is 1.71. The molecule has 1 aliphatic rings. The molecule has 20 heavy (non-hydrogen) atoms. The number of carbonyl (C=O) groups is 1. The number of hydrogen-bond acceptors (Lipinski definition) is 4. The SMILES string of the molecule is N#CCN1CCN(C(=O)c2coc3ccccc23)CC1. The third-order valence-electron chi connectivity index (χ3n) is 3.67. The third kappa shape index (κ3) is 2.26. The van der Waals surface area contributed by atoms with Crippen LogP contribution in [0.5, 0.6) is 0 Å². The van der Waals surface area contributed by atoms with Crippen LogP contribution >= 0.6 is 0 Å². The Morgan fingerprint density at radius 2 is 2.00 bits per heavy atom. The lowest BCUT2D eigenvalue weighted by molar-refractivity contribution is 0.0653. The van der Waals surface area contributed by atoms with Crippen LogP contribution in [0.15, 0.2) is 34.9 Å². The van der Waals surface area contributed by atoms with Gasteiger partial charge in [0.05, 0.1) is 18.2 Å². The summed E-state index contributed by atoms with van der Waals surface area (Å²) in [5.41, 5.74) is 1.35. The number of nitrogens with zero attached hydrogens (tertiary/aromatic N) is 3. The van der Waals surface area contributed by atoms with Crippen molar-refractivity contribution in [3.63, 3.8) is 0 Å². The zero-order chi connectivity index (χ0) is 13.9. The first-order valence-electron chi connectivity index (χ1n) is 6.64. The number of benzene rings is 1. The van der Waals surface area contributed by atoms with Crippen molar-refractivity contribution in [1.29, 1.82) is 5.26 Å². The molecule has 0 saturated carbocycles. The van der Waals surface area contributed by atoms with Gasteiger partial charge in [-0.1, -0.05) is 18.2 Å². The number of amides is 1. The number of fused-ring (bicyclic) bond motifs is 1. The predicted molar refractivity (Wildman–Crippen MR) is 74.2 cm³/mol. The Kier molecular flexibility index (Phi) is 3.40. The van der Waals surface area contributed by atoms with Crippen LogP contribution in [0.1, 0.15) is 10.4 Å². The van der Waals surface area contributed by atoms with E-state index in [9.17, 15) is 4.79 Å². The van der Waals surface area contributed by atoms with Crippen LogP contribution in [0.2, 0.25) is 0 Å². The molecule has 1 aromatic heterocycles. The minimum Gasteiger partial charge on any atom is -0.463 e. The number of rotatable bonds is 2. The van der Waals surface area contributed by atoms with Gasteiger partial charge < -0.3 is 9.32 Å². The summed E-state index contributed by atoms with van der Waals surface area (Å²) in [6, 6.07) is 9.69. The quantitative estimate of drug-likeness (QED) is 0.779. The smallest absolute Gasteiger partial charge is 0.257 e. The highest BCUT2D eigenvalue weighted by molar-refractivity contribution is 6.05. The van der Waals surface area contributed by atoms with Crippen LogP contribution in [0.3, 0.4) is 0 Å². The van der Waals surface area contributed by atoms with Gasteiger partial charge in [0.2, 0.25) is 0 Å². The van der Waals surface area contributed by atoms with Crippen molar-refractivity contribution in [2.24, 2.45) is 0 Å². The van der Waals surface area contributed by atoms with Crippen molar-refractivity contribution >= 4 is 16.9 Å². The maximum absolute atomic E-state index is 12.5. The second-order valence-corrected chi connectivity index (χ2v) is 4.87. The zero-order valence-electron chi connectivity index (χ0n) is 11.1. The van der Waals surface area contributed by atoms with Gasteiger partial charge in [0, 0.05) is 31.6 Å². The molecule has 1 saturated heterocycles. The molecule has 2 heterocycles. The Bertz CT molecular complexity index is 663. The molecule has 2 aromatic rings. The van der Waals surface area contributed by atoms with Crippen molar-refractivity contribution in [2.45, 2.75) is 0 Å². The van der Waals surface area contributed by atoms with Gasteiger partial charge in [-0.05, 0) is 6.07 Å². The summed E-state index contributed by atoms with van der Waals surface area (Å²) in [5, 5.41) is 9.54. The van der Waals surface area contributed by atoms with E-state index in [1.165, 1.54) is 6.26 Å². The van der Waals surface area contributed by atoms with Crippen molar-refractivity contribution in [2.75, 3.05) is 32.7 Å². The summed E-state index contributed by atoms with van der Waals surface area (Å²) in [6.45, 7) is 3.22. The van der Waals surface area contributed by atoms with E-state index in [1.807, 2.05) is 29.2 Å². The van der Waals surface area contributed by atoms with Crippen LogP contribution in [-0.4, -0.2) is 48.4 Å². The van der Waals surface area contributed by atoms with Crippen molar-refractivity contribution in [3.8, 4) is 6.07 Å². The molecule has 0 bridgehead atoms. The highest BCUT2D eigenvalue weighted by Gasteiger charge is 2.24. The van der Waals surface area contributed by atoms with E-state index in [4.69, 9.17) is 9.68 Å². The first-order chi connectivity index (χ1) is 9.79. The summed E-state index contributed by atoms with van der Waals surface area (Å²) in [4.78, 5) is 16.4. The van der Waals surface area contributed by atoms with Gasteiger partial charge in [-0.3, -0.25) is 9.69 Å². The molecule has 5 heteroatoms. The first kappa shape index (κ1) is 12.7. The van der Waals surface area contributed by atoms with Crippen LogP contribution in [-0.2, 0) is 0 Å².